The van der Waals surface area contributed by atoms with Crippen molar-refractivity contribution in [1.82, 2.24) is 5.32 Å². The van der Waals surface area contributed by atoms with Crippen LogP contribution in [0.1, 0.15) is 17.2 Å². The van der Waals surface area contributed by atoms with Gasteiger partial charge in [0.2, 0.25) is 0 Å². The fourth-order valence-electron chi connectivity index (χ4n) is 1.85. The second-order valence-electron chi connectivity index (χ2n) is 4.44. The summed E-state index contributed by atoms with van der Waals surface area (Å²) in [6, 6.07) is 10.5. The van der Waals surface area contributed by atoms with E-state index in [0.717, 1.165) is 4.47 Å². The first-order chi connectivity index (χ1) is 9.56. The molecule has 0 aliphatic rings. The van der Waals surface area contributed by atoms with Gasteiger partial charge in [0.15, 0.2) is 0 Å². The number of benzene rings is 2. The summed E-state index contributed by atoms with van der Waals surface area (Å²) in [5.41, 5.74) is 0.998. The molecule has 0 heterocycles. The number of aliphatic hydroxyl groups is 1. The Morgan fingerprint density at radius 2 is 1.95 bits per heavy atom. The molecule has 0 aromatic heterocycles. The fraction of sp³-hybridized carbons (Fsp3) is 0.200. The molecule has 1 unspecified atom stereocenters. The van der Waals surface area contributed by atoms with Gasteiger partial charge in [-0.1, -0.05) is 28.1 Å². The standard InChI is InChI=1S/C15H14BrF2NO/c16-12-4-5-14(18)11(6-12)8-19-9-15(20)10-2-1-3-13(17)7-10/h1-7,15,19-20H,8-9H2. The van der Waals surface area contributed by atoms with E-state index in [1.807, 2.05) is 0 Å². The molecule has 2 nitrogen and oxygen atoms in total. The molecule has 2 aromatic carbocycles. The summed E-state index contributed by atoms with van der Waals surface area (Å²) < 4.78 is 27.3. The lowest BCUT2D eigenvalue weighted by Crippen LogP contribution is -2.21. The molecule has 1 atom stereocenters. The van der Waals surface area contributed by atoms with Crippen molar-refractivity contribution in [2.24, 2.45) is 0 Å². The molecule has 0 saturated heterocycles. The molecular weight excluding hydrogens is 328 g/mol. The third-order valence-corrected chi connectivity index (χ3v) is 3.39. The van der Waals surface area contributed by atoms with Crippen molar-refractivity contribution in [3.8, 4) is 0 Å². The molecule has 2 aromatic rings. The summed E-state index contributed by atoms with van der Waals surface area (Å²) in [4.78, 5) is 0. The highest BCUT2D eigenvalue weighted by molar-refractivity contribution is 9.10. The number of halogens is 3. The number of hydrogen-bond donors (Lipinski definition) is 2. The smallest absolute Gasteiger partial charge is 0.127 e. The predicted octanol–water partition coefficient (Wildman–Crippen LogP) is 3.55. The van der Waals surface area contributed by atoms with E-state index in [1.165, 1.54) is 18.2 Å². The van der Waals surface area contributed by atoms with Crippen LogP contribution in [0.15, 0.2) is 46.9 Å². The predicted molar refractivity (Wildman–Crippen MR) is 77.2 cm³/mol. The lowest BCUT2D eigenvalue weighted by atomic mass is 10.1. The molecule has 106 valence electrons. The molecule has 2 N–H and O–H groups in total. The first-order valence-corrected chi connectivity index (χ1v) is 6.94. The van der Waals surface area contributed by atoms with Gasteiger partial charge in [-0.05, 0) is 35.9 Å². The average molecular weight is 342 g/mol. The van der Waals surface area contributed by atoms with E-state index in [4.69, 9.17) is 0 Å². The zero-order valence-electron chi connectivity index (χ0n) is 10.6. The minimum Gasteiger partial charge on any atom is -0.387 e. The lowest BCUT2D eigenvalue weighted by molar-refractivity contribution is 0.174. The van der Waals surface area contributed by atoms with Gasteiger partial charge in [0.05, 0.1) is 6.10 Å². The van der Waals surface area contributed by atoms with Crippen LogP contribution in [-0.2, 0) is 6.54 Å². The summed E-state index contributed by atoms with van der Waals surface area (Å²) in [7, 11) is 0. The Bertz CT molecular complexity index is 592. The maximum absolute atomic E-state index is 13.5. The molecule has 0 spiro atoms. The van der Waals surface area contributed by atoms with Crippen LogP contribution in [0.2, 0.25) is 0 Å². The third-order valence-electron chi connectivity index (χ3n) is 2.89. The van der Waals surface area contributed by atoms with Crippen molar-refractivity contribution in [3.05, 3.63) is 69.7 Å². The zero-order valence-corrected chi connectivity index (χ0v) is 12.2. The van der Waals surface area contributed by atoms with Crippen molar-refractivity contribution in [2.45, 2.75) is 12.6 Å². The van der Waals surface area contributed by atoms with E-state index in [1.54, 1.807) is 24.3 Å². The van der Waals surface area contributed by atoms with E-state index < -0.39 is 6.10 Å². The van der Waals surface area contributed by atoms with Gasteiger partial charge in [0.1, 0.15) is 11.6 Å². The lowest BCUT2D eigenvalue weighted by Gasteiger charge is -2.13. The Labute approximate surface area is 124 Å². The minimum absolute atomic E-state index is 0.218. The van der Waals surface area contributed by atoms with Gasteiger partial charge < -0.3 is 10.4 Å². The van der Waals surface area contributed by atoms with Crippen LogP contribution >= 0.6 is 15.9 Å². The van der Waals surface area contributed by atoms with Crippen molar-refractivity contribution in [2.75, 3.05) is 6.54 Å². The van der Waals surface area contributed by atoms with Gasteiger partial charge in [0, 0.05) is 23.1 Å². The molecule has 0 aliphatic heterocycles. The number of rotatable bonds is 5. The normalized spacial score (nSPS) is 12.4. The van der Waals surface area contributed by atoms with Crippen molar-refractivity contribution in [3.63, 3.8) is 0 Å². The van der Waals surface area contributed by atoms with Gasteiger partial charge in [-0.3, -0.25) is 0 Å². The van der Waals surface area contributed by atoms with Crippen LogP contribution in [0.25, 0.3) is 0 Å². The topological polar surface area (TPSA) is 32.3 Å². The van der Waals surface area contributed by atoms with E-state index in [9.17, 15) is 13.9 Å². The summed E-state index contributed by atoms with van der Waals surface area (Å²) in [5.74, 6) is -0.694. The Morgan fingerprint density at radius 3 is 2.70 bits per heavy atom. The van der Waals surface area contributed by atoms with Crippen molar-refractivity contribution >= 4 is 15.9 Å². The molecule has 0 fully saturated rings. The van der Waals surface area contributed by atoms with Crippen LogP contribution in [0.5, 0.6) is 0 Å². The van der Waals surface area contributed by atoms with Gasteiger partial charge in [0.25, 0.3) is 0 Å². The largest absolute Gasteiger partial charge is 0.387 e. The summed E-state index contributed by atoms with van der Waals surface area (Å²) in [5, 5.41) is 12.9. The van der Waals surface area contributed by atoms with E-state index in [0.29, 0.717) is 11.1 Å². The highest BCUT2D eigenvalue weighted by Gasteiger charge is 2.09. The van der Waals surface area contributed by atoms with Crippen LogP contribution < -0.4 is 5.32 Å². The average Bonchev–Trinajstić information content (AvgIpc) is 2.42. The quantitative estimate of drug-likeness (QED) is 0.871. The summed E-state index contributed by atoms with van der Waals surface area (Å²) in [6.45, 7) is 0.507. The van der Waals surface area contributed by atoms with Crippen LogP contribution in [0.3, 0.4) is 0 Å². The third kappa shape index (κ3) is 4.10. The van der Waals surface area contributed by atoms with Gasteiger partial charge >= 0.3 is 0 Å². The highest BCUT2D eigenvalue weighted by atomic mass is 79.9. The first-order valence-electron chi connectivity index (χ1n) is 6.14. The van der Waals surface area contributed by atoms with Crippen LogP contribution in [0, 0.1) is 11.6 Å². The first kappa shape index (κ1) is 15.1. The Hall–Kier alpha value is -1.30. The second-order valence-corrected chi connectivity index (χ2v) is 5.35. The molecule has 0 bridgehead atoms. The van der Waals surface area contributed by atoms with Gasteiger partial charge in [-0.25, -0.2) is 8.78 Å². The van der Waals surface area contributed by atoms with Gasteiger partial charge in [-0.15, -0.1) is 0 Å². The molecule has 20 heavy (non-hydrogen) atoms. The minimum atomic E-state index is -0.832. The highest BCUT2D eigenvalue weighted by Crippen LogP contribution is 2.16. The molecule has 0 amide bonds. The number of aliphatic hydroxyl groups excluding tert-OH is 1. The SMILES string of the molecule is OC(CNCc1cc(Br)ccc1F)c1cccc(F)c1. The summed E-state index contributed by atoms with van der Waals surface area (Å²) in [6.07, 6.45) is -0.832. The Kier molecular flexibility index (Phi) is 5.23. The summed E-state index contributed by atoms with van der Waals surface area (Å²) >= 11 is 3.28. The fourth-order valence-corrected chi connectivity index (χ4v) is 2.26. The molecule has 2 rings (SSSR count). The zero-order chi connectivity index (χ0) is 14.5. The maximum Gasteiger partial charge on any atom is 0.127 e. The molecule has 0 aliphatic carbocycles. The Balaban J connectivity index is 1.91. The maximum atomic E-state index is 13.5. The molecule has 5 heteroatoms. The van der Waals surface area contributed by atoms with Crippen LogP contribution in [-0.4, -0.2) is 11.7 Å². The van der Waals surface area contributed by atoms with E-state index in [2.05, 4.69) is 21.2 Å². The van der Waals surface area contributed by atoms with E-state index in [-0.39, 0.29) is 24.7 Å². The van der Waals surface area contributed by atoms with Crippen LogP contribution in [0.4, 0.5) is 8.78 Å². The Morgan fingerprint density at radius 1 is 1.15 bits per heavy atom. The van der Waals surface area contributed by atoms with E-state index >= 15 is 0 Å². The molecular formula is C15H14BrF2NO. The number of nitrogens with one attached hydrogen (secondary N) is 1. The number of hydrogen-bond acceptors (Lipinski definition) is 2. The molecule has 0 radical (unpaired) electrons. The molecule has 0 saturated carbocycles. The van der Waals surface area contributed by atoms with Crippen molar-refractivity contribution < 1.29 is 13.9 Å². The second kappa shape index (κ2) is 6.92. The van der Waals surface area contributed by atoms with Crippen molar-refractivity contribution in [1.29, 1.82) is 0 Å². The van der Waals surface area contributed by atoms with Gasteiger partial charge in [-0.2, -0.15) is 0 Å². The monoisotopic (exact) mass is 341 g/mol.